The molecule has 1 heterocycles. The number of hydrogen-bond donors (Lipinski definition) is 0. The van der Waals surface area contributed by atoms with Crippen molar-refractivity contribution in [3.8, 4) is 5.75 Å². The summed E-state index contributed by atoms with van der Waals surface area (Å²) in [6.45, 7) is -1.22. The molecule has 1 saturated heterocycles. The van der Waals surface area contributed by atoms with Crippen LogP contribution in [0.3, 0.4) is 0 Å². The minimum absolute atomic E-state index is 0.227. The number of likely N-dealkylation sites (tertiary alicyclic amines) is 1. The average Bonchev–Trinajstić information content (AvgIpc) is 3.32. The zero-order chi connectivity index (χ0) is 32.4. The van der Waals surface area contributed by atoms with Crippen LogP contribution in [0.15, 0.2) is 102 Å². The Kier molecular flexibility index (Phi) is 7.61. The summed E-state index contributed by atoms with van der Waals surface area (Å²) in [6, 6.07) is 27.9. The number of benzene rings is 4. The first kappa shape index (κ1) is 30.7. The molecule has 0 aromatic heterocycles. The zero-order valence-electron chi connectivity index (χ0n) is 23.7. The van der Waals surface area contributed by atoms with Gasteiger partial charge in [0.1, 0.15) is 12.3 Å². The lowest BCUT2D eigenvalue weighted by molar-refractivity contribution is -0.152. The lowest BCUT2D eigenvalue weighted by Crippen LogP contribution is -2.56. The highest BCUT2D eigenvalue weighted by Gasteiger charge is 2.72. The van der Waals surface area contributed by atoms with Crippen molar-refractivity contribution >= 4 is 77.3 Å². The van der Waals surface area contributed by atoms with E-state index in [1.165, 1.54) is 24.3 Å². The summed E-state index contributed by atoms with van der Waals surface area (Å²) in [6.07, 6.45) is 0. The van der Waals surface area contributed by atoms with Gasteiger partial charge in [0.15, 0.2) is 12.4 Å². The smallest absolute Gasteiger partial charge is 0.343 e. The molecule has 0 N–H and O–H groups in total. The van der Waals surface area contributed by atoms with Gasteiger partial charge in [-0.25, -0.2) is 4.79 Å². The van der Waals surface area contributed by atoms with Crippen LogP contribution in [-0.4, -0.2) is 47.6 Å². The van der Waals surface area contributed by atoms with Crippen LogP contribution >= 0.6 is 47.8 Å². The number of rotatable bonds is 7. The fraction of sp³-hybridized carbons (Fsp3) is 0.171. The number of alkyl halides is 2. The fourth-order valence-electron chi connectivity index (χ4n) is 6.75. The van der Waals surface area contributed by atoms with E-state index in [-0.39, 0.29) is 11.3 Å². The van der Waals surface area contributed by atoms with E-state index >= 15 is 0 Å². The second-order valence-corrected chi connectivity index (χ2v) is 14.7. The van der Waals surface area contributed by atoms with Crippen LogP contribution < -0.4 is 4.74 Å². The summed E-state index contributed by atoms with van der Waals surface area (Å²) in [5, 5.41) is 0. The number of Topliss-reactive ketones (excluding diaryl/α,β-unsaturated/α-hetero) is 1. The molecular formula is C35H22Br3NO7. The second-order valence-electron chi connectivity index (χ2n) is 11.2. The number of ketones is 1. The lowest BCUT2D eigenvalue weighted by Gasteiger charge is -2.55. The molecule has 4 aromatic carbocycles. The van der Waals surface area contributed by atoms with E-state index in [0.29, 0.717) is 5.56 Å². The van der Waals surface area contributed by atoms with Crippen LogP contribution in [0.4, 0.5) is 0 Å². The monoisotopic (exact) mass is 805 g/mol. The first-order valence-corrected chi connectivity index (χ1v) is 16.6. The van der Waals surface area contributed by atoms with E-state index in [9.17, 15) is 24.0 Å². The van der Waals surface area contributed by atoms with Crippen LogP contribution in [0.5, 0.6) is 5.75 Å². The minimum atomic E-state index is -0.972. The Morgan fingerprint density at radius 3 is 1.61 bits per heavy atom. The van der Waals surface area contributed by atoms with E-state index in [1.54, 1.807) is 24.3 Å². The predicted molar refractivity (Wildman–Crippen MR) is 177 cm³/mol. The van der Waals surface area contributed by atoms with Crippen molar-refractivity contribution in [2.45, 2.75) is 8.65 Å². The van der Waals surface area contributed by atoms with Crippen molar-refractivity contribution in [3.63, 3.8) is 0 Å². The quantitative estimate of drug-likeness (QED) is 0.0710. The Hall–Kier alpha value is -3.93. The molecule has 4 aliphatic rings. The summed E-state index contributed by atoms with van der Waals surface area (Å²) in [7, 11) is 0. The van der Waals surface area contributed by atoms with E-state index in [4.69, 9.17) is 9.47 Å². The fourth-order valence-corrected chi connectivity index (χ4v) is 9.31. The molecule has 2 unspecified atom stereocenters. The summed E-state index contributed by atoms with van der Waals surface area (Å²) >= 11 is 11.2. The van der Waals surface area contributed by atoms with E-state index in [1.807, 2.05) is 48.5 Å². The molecule has 2 atom stereocenters. The first-order chi connectivity index (χ1) is 22.0. The molecule has 1 fully saturated rings. The Morgan fingerprint density at radius 1 is 0.674 bits per heavy atom. The van der Waals surface area contributed by atoms with Gasteiger partial charge in [0.25, 0.3) is 0 Å². The molecule has 46 heavy (non-hydrogen) atoms. The average molecular weight is 808 g/mol. The van der Waals surface area contributed by atoms with Crippen molar-refractivity contribution in [1.82, 2.24) is 4.90 Å². The van der Waals surface area contributed by atoms with Crippen LogP contribution in [0.25, 0.3) is 0 Å². The summed E-state index contributed by atoms with van der Waals surface area (Å²) < 4.78 is 9.47. The highest BCUT2D eigenvalue weighted by molar-refractivity contribution is 9.10. The van der Waals surface area contributed by atoms with Gasteiger partial charge in [-0.2, -0.15) is 0 Å². The Morgan fingerprint density at radius 2 is 1.13 bits per heavy atom. The van der Waals surface area contributed by atoms with Crippen molar-refractivity contribution in [1.29, 1.82) is 0 Å². The van der Waals surface area contributed by atoms with Gasteiger partial charge in [-0.3, -0.25) is 24.1 Å². The molecule has 8 nitrogen and oxygen atoms in total. The van der Waals surface area contributed by atoms with Gasteiger partial charge in [0.05, 0.1) is 26.0 Å². The molecule has 1 aliphatic heterocycles. The second kappa shape index (κ2) is 11.4. The first-order valence-electron chi connectivity index (χ1n) is 14.2. The summed E-state index contributed by atoms with van der Waals surface area (Å²) in [4.78, 5) is 66.9. The van der Waals surface area contributed by atoms with Crippen molar-refractivity contribution in [3.05, 3.63) is 135 Å². The molecule has 0 radical (unpaired) electrons. The highest BCUT2D eigenvalue weighted by atomic mass is 79.9. The van der Waals surface area contributed by atoms with E-state index < -0.39 is 63.2 Å². The molecule has 230 valence electrons. The summed E-state index contributed by atoms with van der Waals surface area (Å²) in [5.74, 6) is -4.30. The van der Waals surface area contributed by atoms with E-state index in [2.05, 4.69) is 47.8 Å². The maximum absolute atomic E-state index is 14.0. The topological polar surface area (TPSA) is 107 Å². The number of amides is 2. The number of ether oxygens (including phenoxy) is 2. The number of hydrogen-bond acceptors (Lipinski definition) is 7. The maximum Gasteiger partial charge on any atom is 0.343 e. The molecule has 3 aliphatic carbocycles. The Bertz CT molecular complexity index is 1840. The van der Waals surface area contributed by atoms with E-state index in [0.717, 1.165) is 31.6 Å². The van der Waals surface area contributed by atoms with Gasteiger partial charge in [-0.15, -0.1) is 0 Å². The Labute approximate surface area is 288 Å². The molecule has 0 saturated carbocycles. The molecule has 2 amide bonds. The van der Waals surface area contributed by atoms with Gasteiger partial charge in [0.2, 0.25) is 11.8 Å². The van der Waals surface area contributed by atoms with Crippen LogP contribution in [-0.2, 0) is 27.8 Å². The Balaban J connectivity index is 1.03. The molecular weight excluding hydrogens is 786 g/mol. The number of imide groups is 1. The molecule has 11 heteroatoms. The normalized spacial score (nSPS) is 23.8. The highest BCUT2D eigenvalue weighted by Crippen LogP contribution is 2.70. The molecule has 4 aromatic rings. The number of nitrogens with zero attached hydrogens (tertiary/aromatic N) is 1. The number of carbonyl (C=O) groups is 5. The van der Waals surface area contributed by atoms with Gasteiger partial charge in [0, 0.05) is 10.0 Å². The zero-order valence-corrected chi connectivity index (χ0v) is 28.5. The third-order valence-corrected chi connectivity index (χ3v) is 12.0. The SMILES string of the molecule is O=C(CN1C(=O)C2C(C1=O)C1(Br)c3ccccc3C2(Br)c2ccccc21)OCC(=O)c1ccc(OC(=O)c2ccc(Br)cc2)cc1. The largest absolute Gasteiger partial charge is 0.456 e. The van der Waals surface area contributed by atoms with Crippen molar-refractivity contribution < 1.29 is 33.4 Å². The standard InChI is InChI=1S/C35H22Br3NO7/c36-21-13-9-20(10-14-21)33(44)46-22-15-11-19(12-16-22)27(40)18-45-28(41)17-39-31(42)29-30(32(39)43)35(38)24-6-2-1-5-23(24)34(29,37)25-7-3-4-8-26(25)35/h1-16,29-30H,17-18H2. The molecule has 0 spiro atoms. The molecule has 2 bridgehead atoms. The predicted octanol–water partition coefficient (Wildman–Crippen LogP) is 6.30. The van der Waals surface area contributed by atoms with Gasteiger partial charge >= 0.3 is 11.9 Å². The van der Waals surface area contributed by atoms with Crippen LogP contribution in [0, 0.1) is 11.8 Å². The van der Waals surface area contributed by atoms with Crippen LogP contribution in [0.2, 0.25) is 0 Å². The summed E-state index contributed by atoms with van der Waals surface area (Å²) in [5.41, 5.74) is 4.14. The van der Waals surface area contributed by atoms with Crippen molar-refractivity contribution in [2.24, 2.45) is 11.8 Å². The van der Waals surface area contributed by atoms with Gasteiger partial charge < -0.3 is 9.47 Å². The lowest BCUT2D eigenvalue weighted by atomic mass is 9.54. The third-order valence-electron chi connectivity index (χ3n) is 8.79. The van der Waals surface area contributed by atoms with Gasteiger partial charge in [-0.05, 0) is 70.8 Å². The van der Waals surface area contributed by atoms with Crippen LogP contribution in [0.1, 0.15) is 43.0 Å². The molecule has 8 rings (SSSR count). The van der Waals surface area contributed by atoms with Crippen molar-refractivity contribution in [2.75, 3.05) is 13.2 Å². The minimum Gasteiger partial charge on any atom is -0.456 e. The number of esters is 2. The maximum atomic E-state index is 14.0. The van der Waals surface area contributed by atoms with Gasteiger partial charge in [-0.1, -0.05) is 96.3 Å². The number of halogens is 3. The number of carbonyl (C=O) groups excluding carboxylic acids is 5. The third kappa shape index (κ3) is 4.62.